The summed E-state index contributed by atoms with van der Waals surface area (Å²) >= 11 is 0. The highest BCUT2D eigenvalue weighted by molar-refractivity contribution is 4.91. The second-order valence-electron chi connectivity index (χ2n) is 6.10. The maximum absolute atomic E-state index is 5.99. The van der Waals surface area contributed by atoms with Gasteiger partial charge in [-0.1, -0.05) is 6.92 Å². The number of hydrogen-bond donors (Lipinski definition) is 2. The van der Waals surface area contributed by atoms with Gasteiger partial charge in [0.15, 0.2) is 0 Å². The van der Waals surface area contributed by atoms with Crippen LogP contribution in [-0.2, 0) is 0 Å². The molecule has 0 bridgehead atoms. The van der Waals surface area contributed by atoms with Gasteiger partial charge in [0.2, 0.25) is 0 Å². The predicted molar refractivity (Wildman–Crippen MR) is 64.5 cm³/mol. The molecule has 2 nitrogen and oxygen atoms in total. The Morgan fingerprint density at radius 2 is 1.27 bits per heavy atom. The molecule has 0 heterocycles. The fraction of sp³-hybridized carbons (Fsp3) is 1.00. The van der Waals surface area contributed by atoms with Crippen molar-refractivity contribution in [2.45, 2.75) is 70.4 Å². The van der Waals surface area contributed by atoms with Gasteiger partial charge in [-0.15, -0.1) is 0 Å². The third-order valence-electron chi connectivity index (χ3n) is 4.93. The van der Waals surface area contributed by atoms with E-state index in [0.29, 0.717) is 17.5 Å². The zero-order chi connectivity index (χ0) is 10.9. The lowest BCUT2D eigenvalue weighted by Crippen LogP contribution is -2.40. The molecule has 0 radical (unpaired) electrons. The highest BCUT2D eigenvalue weighted by Gasteiger charge is 2.38. The second-order valence-corrected chi connectivity index (χ2v) is 6.10. The summed E-state index contributed by atoms with van der Waals surface area (Å²) in [5, 5.41) is 0. The van der Waals surface area contributed by atoms with E-state index in [1.807, 2.05) is 0 Å². The third kappa shape index (κ3) is 2.54. The SMILES string of the molecule is CC1(C2CCC(N)CC2)CCC(N)CC1. The standard InChI is InChI=1S/C13H26N2/c1-13(8-6-12(15)7-9-13)10-2-4-11(14)5-3-10/h10-12H,2-9,14-15H2,1H3. The molecule has 0 spiro atoms. The fourth-order valence-electron chi connectivity index (χ4n) is 3.52. The van der Waals surface area contributed by atoms with E-state index in [2.05, 4.69) is 6.92 Å². The quantitative estimate of drug-likeness (QED) is 0.698. The van der Waals surface area contributed by atoms with Gasteiger partial charge in [-0.2, -0.15) is 0 Å². The Morgan fingerprint density at radius 1 is 0.800 bits per heavy atom. The number of hydrogen-bond acceptors (Lipinski definition) is 2. The molecule has 2 aliphatic carbocycles. The molecule has 0 aromatic carbocycles. The normalized spacial score (nSPS) is 47.8. The minimum absolute atomic E-state index is 0.476. The van der Waals surface area contributed by atoms with Crippen LogP contribution in [0.4, 0.5) is 0 Å². The van der Waals surface area contributed by atoms with Crippen molar-refractivity contribution in [3.63, 3.8) is 0 Å². The first-order valence-electron chi connectivity index (χ1n) is 6.61. The van der Waals surface area contributed by atoms with Crippen molar-refractivity contribution in [1.82, 2.24) is 0 Å². The third-order valence-corrected chi connectivity index (χ3v) is 4.93. The predicted octanol–water partition coefficient (Wildman–Crippen LogP) is 2.41. The van der Waals surface area contributed by atoms with E-state index in [9.17, 15) is 0 Å². The van der Waals surface area contributed by atoms with Gasteiger partial charge in [0.1, 0.15) is 0 Å². The molecule has 0 aromatic heterocycles. The Bertz CT molecular complexity index is 199. The number of rotatable bonds is 1. The fourth-order valence-corrected chi connectivity index (χ4v) is 3.52. The van der Waals surface area contributed by atoms with E-state index in [0.717, 1.165) is 5.92 Å². The molecular weight excluding hydrogens is 184 g/mol. The molecule has 0 atom stereocenters. The first kappa shape index (κ1) is 11.4. The first-order valence-corrected chi connectivity index (χ1v) is 6.61. The molecule has 0 aliphatic heterocycles. The van der Waals surface area contributed by atoms with Crippen LogP contribution in [0.3, 0.4) is 0 Å². The van der Waals surface area contributed by atoms with Gasteiger partial charge in [-0.05, 0) is 62.7 Å². The summed E-state index contributed by atoms with van der Waals surface area (Å²) in [5.74, 6) is 0.921. The lowest BCUT2D eigenvalue weighted by molar-refractivity contribution is 0.0768. The molecule has 15 heavy (non-hydrogen) atoms. The van der Waals surface area contributed by atoms with Crippen molar-refractivity contribution in [2.75, 3.05) is 0 Å². The van der Waals surface area contributed by atoms with Crippen LogP contribution in [0.15, 0.2) is 0 Å². The molecule has 88 valence electrons. The van der Waals surface area contributed by atoms with E-state index in [1.165, 1.54) is 51.4 Å². The summed E-state index contributed by atoms with van der Waals surface area (Å²) in [5.41, 5.74) is 12.5. The van der Waals surface area contributed by atoms with Gasteiger partial charge in [-0.25, -0.2) is 0 Å². The van der Waals surface area contributed by atoms with E-state index in [1.54, 1.807) is 0 Å². The molecule has 2 aliphatic rings. The lowest BCUT2D eigenvalue weighted by Gasteiger charge is -2.45. The van der Waals surface area contributed by atoms with Crippen molar-refractivity contribution in [3.8, 4) is 0 Å². The molecule has 0 unspecified atom stereocenters. The van der Waals surface area contributed by atoms with Crippen LogP contribution in [0.5, 0.6) is 0 Å². The van der Waals surface area contributed by atoms with Crippen LogP contribution in [0, 0.1) is 11.3 Å². The van der Waals surface area contributed by atoms with Crippen molar-refractivity contribution in [3.05, 3.63) is 0 Å². The van der Waals surface area contributed by atoms with Gasteiger partial charge in [-0.3, -0.25) is 0 Å². The summed E-state index contributed by atoms with van der Waals surface area (Å²) in [4.78, 5) is 0. The average molecular weight is 210 g/mol. The van der Waals surface area contributed by atoms with Gasteiger partial charge in [0.25, 0.3) is 0 Å². The monoisotopic (exact) mass is 210 g/mol. The molecule has 0 aromatic rings. The van der Waals surface area contributed by atoms with Gasteiger partial charge in [0.05, 0.1) is 0 Å². The van der Waals surface area contributed by atoms with Crippen LogP contribution < -0.4 is 11.5 Å². The van der Waals surface area contributed by atoms with Crippen LogP contribution in [0.25, 0.3) is 0 Å². The topological polar surface area (TPSA) is 52.0 Å². The largest absolute Gasteiger partial charge is 0.328 e. The molecule has 0 amide bonds. The van der Waals surface area contributed by atoms with E-state index >= 15 is 0 Å². The Hall–Kier alpha value is -0.0800. The Labute approximate surface area is 93.8 Å². The van der Waals surface area contributed by atoms with Gasteiger partial charge >= 0.3 is 0 Å². The highest BCUT2D eigenvalue weighted by Crippen LogP contribution is 2.47. The van der Waals surface area contributed by atoms with Crippen LogP contribution in [-0.4, -0.2) is 12.1 Å². The highest BCUT2D eigenvalue weighted by atomic mass is 14.7. The summed E-state index contributed by atoms with van der Waals surface area (Å²) in [6, 6.07) is 0.958. The van der Waals surface area contributed by atoms with Gasteiger partial charge in [0, 0.05) is 12.1 Å². The molecule has 4 N–H and O–H groups in total. The Balaban J connectivity index is 1.91. The molecular formula is C13H26N2. The zero-order valence-corrected chi connectivity index (χ0v) is 10.0. The van der Waals surface area contributed by atoms with Gasteiger partial charge < -0.3 is 11.5 Å². The smallest absolute Gasteiger partial charge is 0.00392 e. The molecule has 2 heteroatoms. The van der Waals surface area contributed by atoms with Crippen molar-refractivity contribution < 1.29 is 0 Å². The molecule has 0 saturated heterocycles. The summed E-state index contributed by atoms with van der Waals surface area (Å²) in [7, 11) is 0. The van der Waals surface area contributed by atoms with Crippen LogP contribution in [0.2, 0.25) is 0 Å². The number of nitrogens with two attached hydrogens (primary N) is 2. The molecule has 2 rings (SSSR count). The first-order chi connectivity index (χ1) is 7.10. The van der Waals surface area contributed by atoms with Crippen molar-refractivity contribution in [2.24, 2.45) is 22.8 Å². The lowest BCUT2D eigenvalue weighted by atomic mass is 9.62. The molecule has 2 fully saturated rings. The minimum atomic E-state index is 0.476. The molecule has 2 saturated carbocycles. The van der Waals surface area contributed by atoms with E-state index < -0.39 is 0 Å². The Kier molecular flexibility index (Phi) is 3.36. The maximum Gasteiger partial charge on any atom is 0.00392 e. The van der Waals surface area contributed by atoms with E-state index in [-0.39, 0.29) is 0 Å². The average Bonchev–Trinajstić information content (AvgIpc) is 2.24. The zero-order valence-electron chi connectivity index (χ0n) is 10.0. The van der Waals surface area contributed by atoms with Crippen LogP contribution in [0.1, 0.15) is 58.3 Å². The summed E-state index contributed by atoms with van der Waals surface area (Å²) in [6.07, 6.45) is 10.3. The minimum Gasteiger partial charge on any atom is -0.328 e. The second kappa shape index (κ2) is 4.42. The van der Waals surface area contributed by atoms with E-state index in [4.69, 9.17) is 11.5 Å². The Morgan fingerprint density at radius 3 is 1.80 bits per heavy atom. The van der Waals surface area contributed by atoms with Crippen molar-refractivity contribution >= 4 is 0 Å². The van der Waals surface area contributed by atoms with Crippen molar-refractivity contribution in [1.29, 1.82) is 0 Å². The summed E-state index contributed by atoms with van der Waals surface area (Å²) in [6.45, 7) is 2.49. The maximum atomic E-state index is 5.99. The summed E-state index contributed by atoms with van der Waals surface area (Å²) < 4.78 is 0. The van der Waals surface area contributed by atoms with Crippen LogP contribution >= 0.6 is 0 Å².